The molecule has 3 N–H and O–H groups in total. The van der Waals surface area contributed by atoms with Crippen molar-refractivity contribution in [3.05, 3.63) is 77.2 Å². The van der Waals surface area contributed by atoms with Crippen molar-refractivity contribution in [2.75, 3.05) is 22.5 Å². The van der Waals surface area contributed by atoms with E-state index in [9.17, 15) is 9.18 Å². The third kappa shape index (κ3) is 2.90. The summed E-state index contributed by atoms with van der Waals surface area (Å²) in [5.41, 5.74) is 7.75. The van der Waals surface area contributed by atoms with Crippen LogP contribution in [0.5, 0.6) is 0 Å². The zero-order valence-electron chi connectivity index (χ0n) is 17.4. The van der Waals surface area contributed by atoms with Gasteiger partial charge in [-0.2, -0.15) is 9.97 Å². The largest absolute Gasteiger partial charge is 0.383 e. The van der Waals surface area contributed by atoms with Gasteiger partial charge < -0.3 is 16.0 Å². The van der Waals surface area contributed by atoms with E-state index in [1.54, 1.807) is 12.1 Å². The number of aromatic nitrogens is 2. The predicted octanol–water partition coefficient (Wildman–Crippen LogP) is 3.44. The van der Waals surface area contributed by atoms with Crippen LogP contribution in [0.15, 0.2) is 60.2 Å². The second-order valence-electron chi connectivity index (χ2n) is 8.09. The molecule has 1 aromatic carbocycles. The molecule has 1 amide bonds. The predicted molar refractivity (Wildman–Crippen MR) is 117 cm³/mol. The van der Waals surface area contributed by atoms with Crippen LogP contribution in [0.25, 0.3) is 0 Å². The van der Waals surface area contributed by atoms with E-state index in [2.05, 4.69) is 20.2 Å². The topological polar surface area (TPSA) is 87.4 Å². The molecule has 0 fully saturated rings. The Morgan fingerprint density at radius 1 is 1.29 bits per heavy atom. The SMILES string of the molecule is CCC1(C)C(=O)Nc2nc(N3C=C(Cc4ccccc4F)N4CC=CC=C43)nc(N)c21. The molecule has 3 aliphatic heterocycles. The molecule has 5 rings (SSSR count). The molecule has 4 heterocycles. The van der Waals surface area contributed by atoms with Crippen molar-refractivity contribution in [2.24, 2.45) is 0 Å². The van der Waals surface area contributed by atoms with Crippen molar-refractivity contribution in [1.29, 1.82) is 0 Å². The number of anilines is 3. The number of halogens is 1. The number of carbonyl (C=O) groups is 1. The van der Waals surface area contributed by atoms with Crippen LogP contribution in [-0.2, 0) is 16.6 Å². The normalized spacial score (nSPS) is 21.6. The summed E-state index contributed by atoms with van der Waals surface area (Å²) >= 11 is 0. The zero-order valence-corrected chi connectivity index (χ0v) is 17.4. The van der Waals surface area contributed by atoms with Crippen LogP contribution in [-0.4, -0.2) is 27.3 Å². The first-order valence-corrected chi connectivity index (χ1v) is 10.3. The third-order valence-corrected chi connectivity index (χ3v) is 6.28. The Labute approximate surface area is 179 Å². The van der Waals surface area contributed by atoms with E-state index in [-0.39, 0.29) is 17.5 Å². The van der Waals surface area contributed by atoms with Gasteiger partial charge in [0.05, 0.1) is 11.0 Å². The minimum atomic E-state index is -0.742. The summed E-state index contributed by atoms with van der Waals surface area (Å²) in [6.45, 7) is 4.46. The number of nitrogens with two attached hydrogens (primary N) is 1. The van der Waals surface area contributed by atoms with Crippen LogP contribution >= 0.6 is 0 Å². The molecular formula is C23H23FN6O. The second kappa shape index (κ2) is 6.94. The maximum Gasteiger partial charge on any atom is 0.239 e. The molecular weight excluding hydrogens is 395 g/mol. The highest BCUT2D eigenvalue weighted by Gasteiger charge is 2.45. The summed E-state index contributed by atoms with van der Waals surface area (Å²) < 4.78 is 14.3. The van der Waals surface area contributed by atoms with E-state index in [0.29, 0.717) is 42.3 Å². The fourth-order valence-electron chi connectivity index (χ4n) is 4.31. The Hall–Kier alpha value is -3.68. The number of amides is 1. The van der Waals surface area contributed by atoms with Gasteiger partial charge in [0.2, 0.25) is 11.9 Å². The average molecular weight is 418 g/mol. The summed E-state index contributed by atoms with van der Waals surface area (Å²) in [6.07, 6.45) is 8.88. The van der Waals surface area contributed by atoms with Gasteiger partial charge in [0.25, 0.3) is 0 Å². The number of rotatable bonds is 4. The first kappa shape index (κ1) is 19.3. The molecule has 0 saturated carbocycles. The fourth-order valence-corrected chi connectivity index (χ4v) is 4.31. The van der Waals surface area contributed by atoms with Gasteiger partial charge in [-0.1, -0.05) is 37.3 Å². The van der Waals surface area contributed by atoms with Crippen molar-refractivity contribution in [3.8, 4) is 0 Å². The highest BCUT2D eigenvalue weighted by molar-refractivity contribution is 6.06. The lowest BCUT2D eigenvalue weighted by atomic mass is 9.82. The van der Waals surface area contributed by atoms with Crippen LogP contribution in [0, 0.1) is 5.82 Å². The second-order valence-corrected chi connectivity index (χ2v) is 8.09. The molecule has 7 nitrogen and oxygen atoms in total. The van der Waals surface area contributed by atoms with Crippen molar-refractivity contribution in [3.63, 3.8) is 0 Å². The van der Waals surface area contributed by atoms with Crippen molar-refractivity contribution in [1.82, 2.24) is 14.9 Å². The highest BCUT2D eigenvalue weighted by atomic mass is 19.1. The van der Waals surface area contributed by atoms with Gasteiger partial charge in [-0.15, -0.1) is 0 Å². The smallest absolute Gasteiger partial charge is 0.239 e. The van der Waals surface area contributed by atoms with Crippen molar-refractivity contribution < 1.29 is 9.18 Å². The van der Waals surface area contributed by atoms with E-state index in [1.165, 1.54) is 6.07 Å². The standard InChI is InChI=1S/C23H23FN6O/c1-3-23(2)18-19(25)26-22(28-20(18)27-21(23)31)30-13-15(29-11-7-6-10-17(29)30)12-14-8-4-5-9-16(14)24/h4-10,13H,3,11-12H2,1-2H3,(H3,25,26,27,28,31). The Balaban J connectivity index is 1.56. The van der Waals surface area contributed by atoms with Gasteiger partial charge in [-0.25, -0.2) is 4.39 Å². The van der Waals surface area contributed by atoms with Gasteiger partial charge in [-0.3, -0.25) is 9.69 Å². The minimum absolute atomic E-state index is 0.123. The number of nitrogens with zero attached hydrogens (tertiary/aromatic N) is 4. The molecule has 8 heteroatoms. The van der Waals surface area contributed by atoms with Crippen LogP contribution < -0.4 is 16.0 Å². The van der Waals surface area contributed by atoms with E-state index in [1.807, 2.05) is 49.2 Å². The molecule has 1 unspecified atom stereocenters. The Morgan fingerprint density at radius 2 is 2.10 bits per heavy atom. The molecule has 158 valence electrons. The Bertz CT molecular complexity index is 1190. The molecule has 2 aromatic rings. The lowest BCUT2D eigenvalue weighted by Crippen LogP contribution is -2.31. The minimum Gasteiger partial charge on any atom is -0.383 e. The fraction of sp³-hybridized carbons (Fsp3) is 0.261. The van der Waals surface area contributed by atoms with Gasteiger partial charge >= 0.3 is 0 Å². The van der Waals surface area contributed by atoms with Crippen LogP contribution in [0.4, 0.5) is 22.0 Å². The molecule has 0 aliphatic carbocycles. The first-order chi connectivity index (χ1) is 14.9. The number of nitrogen functional groups attached to an aromatic ring is 1. The summed E-state index contributed by atoms with van der Waals surface area (Å²) in [5.74, 6) is 1.60. The van der Waals surface area contributed by atoms with E-state index >= 15 is 0 Å². The third-order valence-electron chi connectivity index (χ3n) is 6.28. The summed E-state index contributed by atoms with van der Waals surface area (Å²) in [4.78, 5) is 25.7. The van der Waals surface area contributed by atoms with E-state index < -0.39 is 5.41 Å². The van der Waals surface area contributed by atoms with E-state index in [4.69, 9.17) is 5.73 Å². The van der Waals surface area contributed by atoms with Crippen molar-refractivity contribution >= 4 is 23.5 Å². The van der Waals surface area contributed by atoms with Crippen LogP contribution in [0.3, 0.4) is 0 Å². The number of carbonyl (C=O) groups excluding carboxylic acids is 1. The summed E-state index contributed by atoms with van der Waals surface area (Å²) in [7, 11) is 0. The number of fused-ring (bicyclic) bond motifs is 2. The number of nitrogens with one attached hydrogen (secondary N) is 1. The molecule has 0 spiro atoms. The quantitative estimate of drug-likeness (QED) is 0.791. The maximum atomic E-state index is 14.3. The zero-order chi connectivity index (χ0) is 21.8. The molecule has 3 aliphatic rings. The van der Waals surface area contributed by atoms with Crippen LogP contribution in [0.1, 0.15) is 31.4 Å². The molecule has 1 atom stereocenters. The maximum absolute atomic E-state index is 14.3. The number of hydrogen-bond acceptors (Lipinski definition) is 6. The molecule has 0 bridgehead atoms. The number of allylic oxidation sites excluding steroid dienone is 3. The average Bonchev–Trinajstić information content (AvgIpc) is 3.25. The molecule has 31 heavy (non-hydrogen) atoms. The Morgan fingerprint density at radius 3 is 2.87 bits per heavy atom. The number of hydrogen-bond donors (Lipinski definition) is 2. The van der Waals surface area contributed by atoms with E-state index in [0.717, 1.165) is 11.5 Å². The molecule has 0 saturated heterocycles. The Kier molecular flexibility index (Phi) is 4.32. The van der Waals surface area contributed by atoms with Crippen molar-refractivity contribution in [2.45, 2.75) is 32.1 Å². The van der Waals surface area contributed by atoms with Gasteiger partial charge in [0.15, 0.2) is 0 Å². The lowest BCUT2D eigenvalue weighted by molar-refractivity contribution is -0.120. The summed E-state index contributed by atoms with van der Waals surface area (Å²) in [5, 5.41) is 2.86. The van der Waals surface area contributed by atoms with Gasteiger partial charge in [0, 0.05) is 24.9 Å². The highest BCUT2D eigenvalue weighted by Crippen LogP contribution is 2.43. The summed E-state index contributed by atoms with van der Waals surface area (Å²) in [6, 6.07) is 6.76. The molecule has 1 aromatic heterocycles. The lowest BCUT2D eigenvalue weighted by Gasteiger charge is -2.27. The first-order valence-electron chi connectivity index (χ1n) is 10.3. The van der Waals surface area contributed by atoms with Crippen LogP contribution in [0.2, 0.25) is 0 Å². The molecule has 0 radical (unpaired) electrons. The van der Waals surface area contributed by atoms with Gasteiger partial charge in [-0.05, 0) is 31.1 Å². The van der Waals surface area contributed by atoms with Gasteiger partial charge in [0.1, 0.15) is 23.3 Å². The monoisotopic (exact) mass is 418 g/mol. The number of benzene rings is 1.